The van der Waals surface area contributed by atoms with Gasteiger partial charge in [0.25, 0.3) is 5.91 Å². The number of nitrogens with one attached hydrogen (secondary N) is 1. The van der Waals surface area contributed by atoms with Crippen LogP contribution in [0.5, 0.6) is 0 Å². The van der Waals surface area contributed by atoms with Crippen molar-refractivity contribution in [3.05, 3.63) is 71.8 Å². The topological polar surface area (TPSA) is 58.6 Å². The summed E-state index contributed by atoms with van der Waals surface area (Å²) >= 11 is 0. The Morgan fingerprint density at radius 2 is 1.85 bits per heavy atom. The number of nitrogens with zero attached hydrogens (tertiary/aromatic N) is 1. The molecule has 0 bridgehead atoms. The van der Waals surface area contributed by atoms with Crippen LogP contribution in [0.1, 0.15) is 29.8 Å². The standard InChI is InChI=1S/C22H24N2O3/c1-16(18-7-4-3-5-8-18)13-21(25)23-20-10-6-9-19(14-20)22(26)24-11-12-27-17(2)15-24/h3-10,13-14,17H,11-12,15H2,1-2H3,(H,23,25)/b16-13+. The molecule has 1 saturated heterocycles. The average Bonchev–Trinajstić information content (AvgIpc) is 2.68. The summed E-state index contributed by atoms with van der Waals surface area (Å²) in [5.74, 6) is -0.266. The number of rotatable bonds is 4. The summed E-state index contributed by atoms with van der Waals surface area (Å²) in [6.07, 6.45) is 1.60. The fraction of sp³-hybridized carbons (Fsp3) is 0.273. The van der Waals surface area contributed by atoms with E-state index < -0.39 is 0 Å². The Kier molecular flexibility index (Phi) is 6.04. The second-order valence-electron chi connectivity index (χ2n) is 6.70. The van der Waals surface area contributed by atoms with Crippen molar-refractivity contribution >= 4 is 23.1 Å². The number of morpholine rings is 1. The quantitative estimate of drug-likeness (QED) is 0.844. The highest BCUT2D eigenvalue weighted by Gasteiger charge is 2.22. The fourth-order valence-corrected chi connectivity index (χ4v) is 3.07. The number of carbonyl (C=O) groups excluding carboxylic acids is 2. The van der Waals surface area contributed by atoms with Crippen LogP contribution in [0.4, 0.5) is 5.69 Å². The molecule has 1 heterocycles. The molecule has 0 saturated carbocycles. The van der Waals surface area contributed by atoms with E-state index in [0.29, 0.717) is 30.9 Å². The van der Waals surface area contributed by atoms with E-state index >= 15 is 0 Å². The number of hydrogen-bond acceptors (Lipinski definition) is 3. The molecular formula is C22H24N2O3. The number of anilines is 1. The van der Waals surface area contributed by atoms with E-state index in [9.17, 15) is 9.59 Å². The molecule has 140 valence electrons. The van der Waals surface area contributed by atoms with Gasteiger partial charge >= 0.3 is 0 Å². The van der Waals surface area contributed by atoms with E-state index in [2.05, 4.69) is 5.32 Å². The van der Waals surface area contributed by atoms with E-state index in [-0.39, 0.29) is 17.9 Å². The predicted molar refractivity (Wildman–Crippen MR) is 106 cm³/mol. The first-order chi connectivity index (χ1) is 13.0. The zero-order chi connectivity index (χ0) is 19.2. The Labute approximate surface area is 159 Å². The van der Waals surface area contributed by atoms with Gasteiger partial charge in [-0.2, -0.15) is 0 Å². The minimum atomic E-state index is -0.221. The van der Waals surface area contributed by atoms with Gasteiger partial charge in [0.05, 0.1) is 12.7 Å². The number of ether oxygens (including phenoxy) is 1. The molecule has 0 spiro atoms. The Hall–Kier alpha value is -2.92. The second-order valence-corrected chi connectivity index (χ2v) is 6.70. The third-order valence-corrected chi connectivity index (χ3v) is 4.48. The van der Waals surface area contributed by atoms with E-state index in [1.54, 1.807) is 35.2 Å². The van der Waals surface area contributed by atoms with Crippen molar-refractivity contribution in [1.29, 1.82) is 0 Å². The van der Waals surface area contributed by atoms with Gasteiger partial charge < -0.3 is 15.0 Å². The van der Waals surface area contributed by atoms with Crippen LogP contribution >= 0.6 is 0 Å². The highest BCUT2D eigenvalue weighted by Crippen LogP contribution is 2.17. The van der Waals surface area contributed by atoms with Gasteiger partial charge in [-0.3, -0.25) is 9.59 Å². The first-order valence-corrected chi connectivity index (χ1v) is 9.08. The minimum absolute atomic E-state index is 0.0386. The molecule has 1 aliphatic rings. The molecule has 2 aromatic carbocycles. The first kappa shape index (κ1) is 18.9. The van der Waals surface area contributed by atoms with Gasteiger partial charge in [-0.05, 0) is 43.2 Å². The smallest absolute Gasteiger partial charge is 0.254 e. The van der Waals surface area contributed by atoms with Crippen LogP contribution in [0.3, 0.4) is 0 Å². The molecule has 0 aromatic heterocycles. The summed E-state index contributed by atoms with van der Waals surface area (Å²) in [6, 6.07) is 16.8. The van der Waals surface area contributed by atoms with Crippen molar-refractivity contribution in [2.45, 2.75) is 20.0 Å². The van der Waals surface area contributed by atoms with Gasteiger partial charge in [0.2, 0.25) is 5.91 Å². The molecule has 1 atom stereocenters. The highest BCUT2D eigenvalue weighted by atomic mass is 16.5. The minimum Gasteiger partial charge on any atom is -0.375 e. The molecule has 0 aliphatic carbocycles. The molecule has 2 aromatic rings. The summed E-state index contributed by atoms with van der Waals surface area (Å²) in [5, 5.41) is 2.84. The van der Waals surface area contributed by atoms with Crippen LogP contribution in [0.15, 0.2) is 60.7 Å². The zero-order valence-corrected chi connectivity index (χ0v) is 15.6. The van der Waals surface area contributed by atoms with Crippen LogP contribution in [-0.4, -0.2) is 42.5 Å². The third kappa shape index (κ3) is 5.05. The lowest BCUT2D eigenvalue weighted by Crippen LogP contribution is -2.44. The van der Waals surface area contributed by atoms with Gasteiger partial charge in [-0.25, -0.2) is 0 Å². The van der Waals surface area contributed by atoms with Gasteiger partial charge in [-0.15, -0.1) is 0 Å². The van der Waals surface area contributed by atoms with Crippen molar-refractivity contribution in [2.75, 3.05) is 25.0 Å². The van der Waals surface area contributed by atoms with E-state index in [1.165, 1.54) is 0 Å². The second kappa shape index (κ2) is 8.64. The Bertz CT molecular complexity index is 846. The van der Waals surface area contributed by atoms with Crippen LogP contribution in [0.2, 0.25) is 0 Å². The van der Waals surface area contributed by atoms with E-state index in [0.717, 1.165) is 11.1 Å². The predicted octanol–water partition coefficient (Wildman–Crippen LogP) is 3.59. The normalized spacial score (nSPS) is 17.5. The largest absolute Gasteiger partial charge is 0.375 e. The van der Waals surface area contributed by atoms with Gasteiger partial charge in [0, 0.05) is 30.4 Å². The number of allylic oxidation sites excluding steroid dienone is 1. The summed E-state index contributed by atoms with van der Waals surface area (Å²) < 4.78 is 5.49. The van der Waals surface area contributed by atoms with E-state index in [1.807, 2.05) is 44.2 Å². The molecule has 0 radical (unpaired) electrons. The average molecular weight is 364 g/mol. The molecule has 1 N–H and O–H groups in total. The molecule has 1 unspecified atom stereocenters. The van der Waals surface area contributed by atoms with Gasteiger partial charge in [-0.1, -0.05) is 36.4 Å². The zero-order valence-electron chi connectivity index (χ0n) is 15.6. The lowest BCUT2D eigenvalue weighted by molar-refractivity contribution is -0.111. The van der Waals surface area contributed by atoms with Crippen LogP contribution in [0.25, 0.3) is 5.57 Å². The van der Waals surface area contributed by atoms with Crippen molar-refractivity contribution < 1.29 is 14.3 Å². The maximum atomic E-state index is 12.7. The Morgan fingerprint density at radius 3 is 2.59 bits per heavy atom. The number of amides is 2. The summed E-state index contributed by atoms with van der Waals surface area (Å²) in [6.45, 7) is 5.56. The maximum Gasteiger partial charge on any atom is 0.254 e. The van der Waals surface area contributed by atoms with Crippen molar-refractivity contribution in [2.24, 2.45) is 0 Å². The number of hydrogen-bond donors (Lipinski definition) is 1. The Balaban J connectivity index is 1.68. The third-order valence-electron chi connectivity index (χ3n) is 4.48. The molecule has 1 fully saturated rings. The number of carbonyl (C=O) groups is 2. The molecule has 5 nitrogen and oxygen atoms in total. The SMILES string of the molecule is C/C(=C\C(=O)Nc1cccc(C(=O)N2CCOC(C)C2)c1)c1ccccc1. The van der Waals surface area contributed by atoms with Crippen LogP contribution in [0, 0.1) is 0 Å². The molecule has 2 amide bonds. The van der Waals surface area contributed by atoms with Gasteiger partial charge in [0.1, 0.15) is 0 Å². The summed E-state index contributed by atoms with van der Waals surface area (Å²) in [5.41, 5.74) is 3.04. The van der Waals surface area contributed by atoms with E-state index in [4.69, 9.17) is 4.74 Å². The number of benzene rings is 2. The molecule has 5 heteroatoms. The summed E-state index contributed by atoms with van der Waals surface area (Å²) in [4.78, 5) is 26.8. The van der Waals surface area contributed by atoms with Gasteiger partial charge in [0.15, 0.2) is 0 Å². The summed E-state index contributed by atoms with van der Waals surface area (Å²) in [7, 11) is 0. The molecule has 1 aliphatic heterocycles. The first-order valence-electron chi connectivity index (χ1n) is 9.08. The monoisotopic (exact) mass is 364 g/mol. The fourth-order valence-electron chi connectivity index (χ4n) is 3.07. The molecule has 27 heavy (non-hydrogen) atoms. The maximum absolute atomic E-state index is 12.7. The lowest BCUT2D eigenvalue weighted by atomic mass is 10.1. The lowest BCUT2D eigenvalue weighted by Gasteiger charge is -2.31. The molecular weight excluding hydrogens is 340 g/mol. The van der Waals surface area contributed by atoms with Crippen LogP contribution < -0.4 is 5.32 Å². The van der Waals surface area contributed by atoms with Crippen molar-refractivity contribution in [3.8, 4) is 0 Å². The highest BCUT2D eigenvalue weighted by molar-refractivity contribution is 6.04. The Morgan fingerprint density at radius 1 is 1.11 bits per heavy atom. The van der Waals surface area contributed by atoms with Crippen molar-refractivity contribution in [1.82, 2.24) is 4.90 Å². The molecule has 3 rings (SSSR count). The van der Waals surface area contributed by atoms with Crippen LogP contribution in [-0.2, 0) is 9.53 Å². The van der Waals surface area contributed by atoms with Crippen molar-refractivity contribution in [3.63, 3.8) is 0 Å².